The molecule has 10 heteroatoms. The van der Waals surface area contributed by atoms with Crippen molar-refractivity contribution in [1.82, 2.24) is 10.3 Å². The number of carbonyl (C=O) groups is 2. The fraction of sp³-hybridized carbons (Fsp3) is 0.343. The van der Waals surface area contributed by atoms with Gasteiger partial charge in [-0.3, -0.25) is 14.4 Å². The first-order chi connectivity index (χ1) is 21.6. The molecule has 2 amide bonds. The van der Waals surface area contributed by atoms with E-state index in [-0.39, 0.29) is 28.8 Å². The standard InChI is InChI=1S/C35H40N4O6/c1-19(2)16-29(35(42)39-26-9-7-8-25-23(26)14-15-36-25)38-28-13-11-22-24(18-30(28)41)27(37-20(3)40)12-10-21-17-31(43-4)33(44-5)34(45-6)32(21)22/h7-9,11,13-15,17-19,27,29,36H,10,12,16H2,1-6H3,(H,37,40)(H,38,41)(H,39,42). The fourth-order valence-corrected chi connectivity index (χ4v) is 6.13. The molecule has 3 aromatic carbocycles. The van der Waals surface area contributed by atoms with Crippen molar-refractivity contribution in [2.45, 2.75) is 52.1 Å². The highest BCUT2D eigenvalue weighted by Gasteiger charge is 2.30. The summed E-state index contributed by atoms with van der Waals surface area (Å²) in [6.07, 6.45) is 3.47. The van der Waals surface area contributed by atoms with Gasteiger partial charge < -0.3 is 35.1 Å². The molecule has 45 heavy (non-hydrogen) atoms. The van der Waals surface area contributed by atoms with Crippen LogP contribution in [0.1, 0.15) is 50.8 Å². The molecule has 0 bridgehead atoms. The second-order valence-electron chi connectivity index (χ2n) is 11.7. The van der Waals surface area contributed by atoms with E-state index in [0.717, 1.165) is 22.0 Å². The maximum absolute atomic E-state index is 13.9. The number of amides is 2. The molecule has 0 saturated carbocycles. The van der Waals surface area contributed by atoms with Gasteiger partial charge in [0.05, 0.1) is 38.7 Å². The number of hydrogen-bond donors (Lipinski definition) is 4. The molecule has 1 heterocycles. The first-order valence-corrected chi connectivity index (χ1v) is 15.1. The maximum Gasteiger partial charge on any atom is 0.246 e. The highest BCUT2D eigenvalue weighted by molar-refractivity contribution is 6.04. The van der Waals surface area contributed by atoms with Crippen LogP contribution in [-0.4, -0.2) is 44.2 Å². The minimum atomic E-state index is -0.688. The first-order valence-electron chi connectivity index (χ1n) is 15.1. The van der Waals surface area contributed by atoms with E-state index in [2.05, 4.69) is 20.9 Å². The second-order valence-corrected chi connectivity index (χ2v) is 11.7. The number of anilines is 2. The molecule has 1 aromatic heterocycles. The Morgan fingerprint density at radius 2 is 1.76 bits per heavy atom. The number of methoxy groups -OCH3 is 3. The van der Waals surface area contributed by atoms with Gasteiger partial charge in [0.2, 0.25) is 23.0 Å². The summed E-state index contributed by atoms with van der Waals surface area (Å²) in [4.78, 5) is 43.0. The van der Waals surface area contributed by atoms with Crippen molar-refractivity contribution in [3.8, 4) is 28.4 Å². The van der Waals surface area contributed by atoms with Crippen molar-refractivity contribution >= 4 is 34.1 Å². The van der Waals surface area contributed by atoms with Crippen LogP contribution in [0.2, 0.25) is 0 Å². The van der Waals surface area contributed by atoms with Crippen LogP contribution < -0.4 is 35.6 Å². The van der Waals surface area contributed by atoms with Gasteiger partial charge >= 0.3 is 0 Å². The van der Waals surface area contributed by atoms with Crippen LogP contribution in [0.25, 0.3) is 22.0 Å². The Morgan fingerprint density at radius 3 is 2.44 bits per heavy atom. The fourth-order valence-electron chi connectivity index (χ4n) is 6.13. The molecule has 0 saturated heterocycles. The summed E-state index contributed by atoms with van der Waals surface area (Å²) in [5.41, 5.74) is 4.63. The van der Waals surface area contributed by atoms with Gasteiger partial charge in [0, 0.05) is 29.6 Å². The summed E-state index contributed by atoms with van der Waals surface area (Å²) in [6.45, 7) is 5.52. The number of aromatic amines is 1. The normalized spacial score (nSPS) is 14.5. The third-order valence-corrected chi connectivity index (χ3v) is 8.12. The monoisotopic (exact) mass is 612 g/mol. The number of hydrogen-bond acceptors (Lipinski definition) is 7. The van der Waals surface area contributed by atoms with Crippen molar-refractivity contribution < 1.29 is 23.8 Å². The highest BCUT2D eigenvalue weighted by Crippen LogP contribution is 2.50. The lowest BCUT2D eigenvalue weighted by atomic mass is 9.95. The lowest BCUT2D eigenvalue weighted by molar-refractivity contribution is -0.120. The smallest absolute Gasteiger partial charge is 0.246 e. The second kappa shape index (κ2) is 13.3. The van der Waals surface area contributed by atoms with Crippen LogP contribution in [0.5, 0.6) is 17.2 Å². The molecule has 5 rings (SSSR count). The number of nitrogens with one attached hydrogen (secondary N) is 4. The van der Waals surface area contributed by atoms with Crippen molar-refractivity contribution in [2.24, 2.45) is 5.92 Å². The van der Waals surface area contributed by atoms with Crippen molar-refractivity contribution in [3.63, 3.8) is 0 Å². The summed E-state index contributed by atoms with van der Waals surface area (Å²) in [5.74, 6) is 1.15. The average molecular weight is 613 g/mol. The van der Waals surface area contributed by atoms with Gasteiger partial charge in [0.25, 0.3) is 0 Å². The lowest BCUT2D eigenvalue weighted by Gasteiger charge is -2.21. The van der Waals surface area contributed by atoms with Crippen LogP contribution in [-0.2, 0) is 16.0 Å². The third-order valence-electron chi connectivity index (χ3n) is 8.12. The average Bonchev–Trinajstić information content (AvgIpc) is 3.38. The van der Waals surface area contributed by atoms with Crippen LogP contribution in [0.4, 0.5) is 11.4 Å². The van der Waals surface area contributed by atoms with Gasteiger partial charge in [0.15, 0.2) is 11.5 Å². The Bertz CT molecular complexity index is 1800. The Kier molecular flexibility index (Phi) is 9.32. The zero-order valence-electron chi connectivity index (χ0n) is 26.5. The molecule has 4 aromatic rings. The van der Waals surface area contributed by atoms with Gasteiger partial charge in [-0.25, -0.2) is 0 Å². The number of H-pyrrole nitrogens is 1. The molecule has 2 atom stereocenters. The number of carbonyl (C=O) groups excluding carboxylic acids is 2. The number of aryl methyl sites for hydroxylation is 1. The molecular formula is C35H40N4O6. The van der Waals surface area contributed by atoms with Crippen molar-refractivity contribution in [2.75, 3.05) is 32.0 Å². The van der Waals surface area contributed by atoms with E-state index in [9.17, 15) is 14.4 Å². The molecule has 2 unspecified atom stereocenters. The molecule has 0 spiro atoms. The Balaban J connectivity index is 1.61. The van der Waals surface area contributed by atoms with E-state index >= 15 is 0 Å². The van der Waals surface area contributed by atoms with Gasteiger partial charge in [-0.15, -0.1) is 0 Å². The van der Waals surface area contributed by atoms with Crippen LogP contribution in [0.3, 0.4) is 0 Å². The lowest BCUT2D eigenvalue weighted by Crippen LogP contribution is -2.37. The Hall–Kier alpha value is -4.99. The molecular weight excluding hydrogens is 572 g/mol. The predicted octanol–water partition coefficient (Wildman–Crippen LogP) is 5.81. The van der Waals surface area contributed by atoms with Crippen LogP contribution in [0.15, 0.2) is 59.5 Å². The SMILES string of the molecule is COc1cc2c(c(OC)c1OC)-c1ccc(NC(CC(C)C)C(=O)Nc3cccc4[nH]ccc34)c(=O)cc1C(NC(C)=O)CC2. The zero-order chi connectivity index (χ0) is 32.2. The van der Waals surface area contributed by atoms with Gasteiger partial charge in [-0.2, -0.15) is 0 Å². The van der Waals surface area contributed by atoms with E-state index in [4.69, 9.17) is 14.2 Å². The molecule has 10 nitrogen and oxygen atoms in total. The molecule has 0 aliphatic heterocycles. The summed E-state index contributed by atoms with van der Waals surface area (Å²) < 4.78 is 17.2. The minimum absolute atomic E-state index is 0.170. The highest BCUT2D eigenvalue weighted by atomic mass is 16.5. The number of ether oxygens (including phenoxy) is 3. The van der Waals surface area contributed by atoms with E-state index in [1.165, 1.54) is 6.92 Å². The molecule has 1 aliphatic rings. The Labute approximate surface area is 262 Å². The number of benzene rings is 2. The molecule has 236 valence electrons. The maximum atomic E-state index is 13.9. The third kappa shape index (κ3) is 6.45. The summed E-state index contributed by atoms with van der Waals surface area (Å²) >= 11 is 0. The number of aromatic nitrogens is 1. The quantitative estimate of drug-likeness (QED) is 0.178. The topological polar surface area (TPSA) is 131 Å². The van der Waals surface area contributed by atoms with E-state index in [0.29, 0.717) is 53.3 Å². The zero-order valence-corrected chi connectivity index (χ0v) is 26.5. The van der Waals surface area contributed by atoms with E-state index in [1.807, 2.05) is 56.4 Å². The predicted molar refractivity (Wildman–Crippen MR) is 176 cm³/mol. The molecule has 0 radical (unpaired) electrons. The van der Waals surface area contributed by atoms with Crippen molar-refractivity contribution in [3.05, 3.63) is 76.1 Å². The summed E-state index contributed by atoms with van der Waals surface area (Å²) in [7, 11) is 4.67. The van der Waals surface area contributed by atoms with Crippen LogP contribution >= 0.6 is 0 Å². The minimum Gasteiger partial charge on any atom is -0.493 e. The number of fused-ring (bicyclic) bond motifs is 4. The molecule has 1 aliphatic carbocycles. The van der Waals surface area contributed by atoms with E-state index < -0.39 is 12.1 Å². The Morgan fingerprint density at radius 1 is 0.978 bits per heavy atom. The first kappa shape index (κ1) is 31.4. The van der Waals surface area contributed by atoms with Gasteiger partial charge in [-0.05, 0) is 78.3 Å². The largest absolute Gasteiger partial charge is 0.493 e. The van der Waals surface area contributed by atoms with Gasteiger partial charge in [-0.1, -0.05) is 26.0 Å². The molecule has 0 fully saturated rings. The number of rotatable bonds is 10. The van der Waals surface area contributed by atoms with E-state index in [1.54, 1.807) is 33.5 Å². The molecule has 4 N–H and O–H groups in total. The summed E-state index contributed by atoms with van der Waals surface area (Å²) in [6, 6.07) is 13.5. The summed E-state index contributed by atoms with van der Waals surface area (Å²) in [5, 5.41) is 10.2. The van der Waals surface area contributed by atoms with Crippen molar-refractivity contribution in [1.29, 1.82) is 0 Å². The van der Waals surface area contributed by atoms with Gasteiger partial charge in [0.1, 0.15) is 6.04 Å². The van der Waals surface area contributed by atoms with Crippen LogP contribution in [0, 0.1) is 5.92 Å².